The normalized spacial score (nSPS) is 21.8. The third-order valence-electron chi connectivity index (χ3n) is 10.2. The smallest absolute Gasteiger partial charge is 0.323 e. The Labute approximate surface area is 346 Å². The average Bonchev–Trinajstić information content (AvgIpc) is 3.63. The molecule has 1 aliphatic rings. The lowest BCUT2D eigenvalue weighted by atomic mass is 10.0. The van der Waals surface area contributed by atoms with Gasteiger partial charge in [0.15, 0.2) is 0 Å². The number of carboxylic acids is 1. The number of H-pyrrole nitrogens is 1. The Morgan fingerprint density at radius 1 is 0.700 bits per heavy atom. The van der Waals surface area contributed by atoms with Gasteiger partial charge < -0.3 is 52.4 Å². The molecule has 0 saturated carbocycles. The summed E-state index contributed by atoms with van der Waals surface area (Å²) in [4.78, 5) is 101. The Morgan fingerprint density at radius 2 is 1.25 bits per heavy atom. The van der Waals surface area contributed by atoms with Crippen molar-refractivity contribution in [3.63, 3.8) is 0 Å². The number of aliphatic carboxylic acids is 1. The lowest BCUT2D eigenvalue weighted by Gasteiger charge is -2.31. The summed E-state index contributed by atoms with van der Waals surface area (Å²) in [5, 5.41) is 34.7. The molecule has 60 heavy (non-hydrogen) atoms. The average molecular weight is 825 g/mol. The van der Waals surface area contributed by atoms with E-state index < -0.39 is 90.8 Å². The number of unbranched alkanes of at least 4 members (excludes halogenated alkanes) is 1. The Bertz CT molecular complexity index is 2130. The minimum Gasteiger partial charge on any atom is -0.480 e. The molecule has 6 amide bonds. The lowest BCUT2D eigenvalue weighted by Crippen LogP contribution is -2.62. The number of rotatable bonds is 13. The van der Waals surface area contributed by atoms with Gasteiger partial charge in [-0.15, -0.1) is 0 Å². The molecule has 0 radical (unpaired) electrons. The van der Waals surface area contributed by atoms with Crippen molar-refractivity contribution in [2.75, 3.05) is 19.6 Å². The summed E-state index contributed by atoms with van der Waals surface area (Å²) in [7, 11) is 0. The van der Waals surface area contributed by atoms with Crippen molar-refractivity contribution in [1.29, 1.82) is 0 Å². The first-order valence-electron chi connectivity index (χ1n) is 19.8. The first-order valence-corrected chi connectivity index (χ1v) is 19.8. The van der Waals surface area contributed by atoms with Crippen molar-refractivity contribution in [3.05, 3.63) is 108 Å². The molecule has 17 nitrogen and oxygen atoms in total. The number of carbonyl (C=O) groups is 7. The maximum absolute atomic E-state index is 14.4. The van der Waals surface area contributed by atoms with Crippen LogP contribution in [0.25, 0.3) is 10.9 Å². The molecule has 2 heterocycles. The van der Waals surface area contributed by atoms with Crippen molar-refractivity contribution in [2.24, 2.45) is 5.73 Å². The zero-order valence-electron chi connectivity index (χ0n) is 33.3. The van der Waals surface area contributed by atoms with Gasteiger partial charge in [-0.1, -0.05) is 78.9 Å². The van der Waals surface area contributed by atoms with Crippen LogP contribution in [0.3, 0.4) is 0 Å². The molecule has 1 aromatic heterocycles. The van der Waals surface area contributed by atoms with E-state index in [0.29, 0.717) is 36.1 Å². The van der Waals surface area contributed by atoms with Crippen molar-refractivity contribution < 1.29 is 43.8 Å². The molecule has 0 spiro atoms. The fourth-order valence-electron chi connectivity index (χ4n) is 7.07. The summed E-state index contributed by atoms with van der Waals surface area (Å²) < 4.78 is 0. The van der Waals surface area contributed by atoms with Crippen molar-refractivity contribution >= 4 is 52.3 Å². The second-order valence-corrected chi connectivity index (χ2v) is 14.8. The largest absolute Gasteiger partial charge is 0.480 e. The molecular formula is C43H52N8O9. The standard InChI is InChI=1S/C43H52N8O9/c1-26(52)38-42(59)49-35(21-28-14-6-3-7-15-28)43(60)51(25-37(54)55)24-36(53)46-33(20-27-12-4-2-5-13-27)40(57)48-34(22-29-23-45-31-17-9-8-16-30(29)31)41(58)47-32(39(56)50-38)18-10-11-19-44/h2-9,12-17,23,26,32-35,38,45,52H,10-11,18-22,24-25,44H2,1H3,(H,46,53)(H,47,58)(H,48,57)(H,49,59)(H,50,56)(H,54,55)/t26-,32+,33+,34-,35+,38+/m1/s1. The number of amides is 6. The minimum atomic E-state index is -1.65. The van der Waals surface area contributed by atoms with E-state index in [9.17, 15) is 43.8 Å². The summed E-state index contributed by atoms with van der Waals surface area (Å²) >= 11 is 0. The maximum Gasteiger partial charge on any atom is 0.323 e. The van der Waals surface area contributed by atoms with Gasteiger partial charge >= 0.3 is 5.97 Å². The fourth-order valence-corrected chi connectivity index (χ4v) is 7.07. The van der Waals surface area contributed by atoms with Gasteiger partial charge in [-0.05, 0) is 55.5 Å². The van der Waals surface area contributed by atoms with Crippen molar-refractivity contribution in [3.8, 4) is 0 Å². The second kappa shape index (κ2) is 21.4. The highest BCUT2D eigenvalue weighted by Crippen LogP contribution is 2.20. The zero-order valence-corrected chi connectivity index (χ0v) is 33.3. The van der Waals surface area contributed by atoms with E-state index in [0.717, 1.165) is 15.8 Å². The number of para-hydroxylation sites is 1. The van der Waals surface area contributed by atoms with Gasteiger partial charge in [-0.25, -0.2) is 0 Å². The summed E-state index contributed by atoms with van der Waals surface area (Å²) in [5.74, 6) is -6.61. The number of aromatic nitrogens is 1. The van der Waals surface area contributed by atoms with E-state index in [1.54, 1.807) is 66.9 Å². The number of hydrogen-bond acceptors (Lipinski definition) is 9. The van der Waals surface area contributed by atoms with Crippen LogP contribution < -0.4 is 32.3 Å². The van der Waals surface area contributed by atoms with Gasteiger partial charge in [-0.3, -0.25) is 33.6 Å². The first kappa shape index (κ1) is 44.5. The summed E-state index contributed by atoms with van der Waals surface area (Å²) in [6.45, 7) is -0.223. The highest BCUT2D eigenvalue weighted by molar-refractivity contribution is 5.98. The topological polar surface area (TPSA) is 265 Å². The molecule has 0 aliphatic carbocycles. The maximum atomic E-state index is 14.4. The summed E-state index contributed by atoms with van der Waals surface area (Å²) in [6.07, 6.45) is 0.890. The van der Waals surface area contributed by atoms with E-state index in [1.807, 2.05) is 24.3 Å². The highest BCUT2D eigenvalue weighted by Gasteiger charge is 2.37. The van der Waals surface area contributed by atoms with Gasteiger partial charge in [0.1, 0.15) is 43.3 Å². The Morgan fingerprint density at radius 3 is 1.87 bits per heavy atom. The van der Waals surface area contributed by atoms with Gasteiger partial charge in [0.2, 0.25) is 35.4 Å². The van der Waals surface area contributed by atoms with Crippen molar-refractivity contribution in [1.82, 2.24) is 36.5 Å². The van der Waals surface area contributed by atoms with Gasteiger partial charge in [0.25, 0.3) is 0 Å². The number of fused-ring (bicyclic) bond motifs is 1. The number of aromatic amines is 1. The van der Waals surface area contributed by atoms with Gasteiger partial charge in [-0.2, -0.15) is 0 Å². The van der Waals surface area contributed by atoms with Crippen LogP contribution in [0.15, 0.2) is 91.1 Å². The molecule has 1 saturated heterocycles. The third kappa shape index (κ3) is 12.5. The zero-order chi connectivity index (χ0) is 43.2. The van der Waals surface area contributed by atoms with Crippen LogP contribution in [0.4, 0.5) is 0 Å². The molecule has 0 bridgehead atoms. The van der Waals surface area contributed by atoms with E-state index in [2.05, 4.69) is 31.6 Å². The number of nitrogens with one attached hydrogen (secondary N) is 6. The fraction of sp³-hybridized carbons (Fsp3) is 0.372. The van der Waals surface area contributed by atoms with E-state index >= 15 is 0 Å². The van der Waals surface area contributed by atoms with Crippen LogP contribution >= 0.6 is 0 Å². The monoisotopic (exact) mass is 824 g/mol. The van der Waals surface area contributed by atoms with Crippen LogP contribution in [-0.2, 0) is 52.8 Å². The van der Waals surface area contributed by atoms with Gasteiger partial charge in [0.05, 0.1) is 6.10 Å². The Balaban J connectivity index is 1.58. The van der Waals surface area contributed by atoms with E-state index in [4.69, 9.17) is 5.73 Å². The van der Waals surface area contributed by atoms with Gasteiger partial charge in [0, 0.05) is 36.4 Å². The second-order valence-electron chi connectivity index (χ2n) is 14.8. The summed E-state index contributed by atoms with van der Waals surface area (Å²) in [5.41, 5.74) is 8.40. The molecule has 10 N–H and O–H groups in total. The predicted octanol–water partition coefficient (Wildman–Crippen LogP) is 0.0564. The summed E-state index contributed by atoms with van der Waals surface area (Å²) in [6, 6.07) is 17.6. The molecule has 0 unspecified atom stereocenters. The SMILES string of the molecule is C[C@@H](O)[C@@H]1NC(=O)[C@H](CCCCN)NC(=O)[C@@H](Cc2c[nH]c3ccccc23)NC(=O)[C@H](Cc2ccccc2)NC(=O)CN(CC(=O)O)C(=O)[C@H](Cc2ccccc2)NC1=O. The number of aliphatic hydroxyl groups is 1. The number of nitrogens with zero attached hydrogens (tertiary/aromatic N) is 1. The molecule has 5 rings (SSSR count). The van der Waals surface area contributed by atoms with Crippen LogP contribution in [0.5, 0.6) is 0 Å². The van der Waals surface area contributed by atoms with E-state index in [1.165, 1.54) is 6.92 Å². The van der Waals surface area contributed by atoms with Crippen LogP contribution in [0.2, 0.25) is 0 Å². The number of nitrogens with two attached hydrogens (primary N) is 1. The third-order valence-corrected chi connectivity index (χ3v) is 10.2. The Hall–Kier alpha value is -6.59. The van der Waals surface area contributed by atoms with Crippen LogP contribution in [-0.4, -0.2) is 117 Å². The highest BCUT2D eigenvalue weighted by atomic mass is 16.4. The number of aliphatic hydroxyl groups excluding tert-OH is 1. The molecule has 318 valence electrons. The molecule has 1 fully saturated rings. The number of hydrogen-bond donors (Lipinski definition) is 9. The number of benzene rings is 3. The minimum absolute atomic E-state index is 0.0485. The molecule has 17 heteroatoms. The molecule has 4 aromatic rings. The first-order chi connectivity index (χ1) is 28.8. The molecular weight excluding hydrogens is 773 g/mol. The van der Waals surface area contributed by atoms with Crippen LogP contribution in [0.1, 0.15) is 42.9 Å². The number of carboxylic acid groups (broad SMARTS) is 1. The lowest BCUT2D eigenvalue weighted by molar-refractivity contribution is -0.148. The molecule has 3 aromatic carbocycles. The quantitative estimate of drug-likeness (QED) is 0.0819. The number of carbonyl (C=O) groups excluding carboxylic acids is 6. The van der Waals surface area contributed by atoms with Crippen molar-refractivity contribution in [2.45, 2.75) is 81.8 Å². The molecule has 1 aliphatic heterocycles. The predicted molar refractivity (Wildman–Crippen MR) is 221 cm³/mol. The molecule has 6 atom stereocenters. The van der Waals surface area contributed by atoms with E-state index in [-0.39, 0.29) is 25.7 Å². The van der Waals surface area contributed by atoms with Crippen LogP contribution in [0, 0.1) is 0 Å². The Kier molecular flexibility index (Phi) is 15.9.